The zero-order chi connectivity index (χ0) is 13.0. The second kappa shape index (κ2) is 5.98. The van der Waals surface area contributed by atoms with Crippen LogP contribution < -0.4 is 4.90 Å². The molecule has 1 aliphatic rings. The van der Waals surface area contributed by atoms with Crippen LogP contribution in [0, 0.1) is 11.3 Å². The van der Waals surface area contributed by atoms with Crippen molar-refractivity contribution in [1.29, 1.82) is 5.26 Å². The molecule has 2 rings (SSSR count). The molecule has 1 unspecified atom stereocenters. The van der Waals surface area contributed by atoms with Crippen molar-refractivity contribution in [3.63, 3.8) is 0 Å². The van der Waals surface area contributed by atoms with Gasteiger partial charge < -0.3 is 4.90 Å². The predicted molar refractivity (Wildman–Crippen MR) is 70.5 cm³/mol. The molecular formula is C12H16ClN5. The highest BCUT2D eigenvalue weighted by molar-refractivity contribution is 6.30. The molecule has 1 fully saturated rings. The van der Waals surface area contributed by atoms with Gasteiger partial charge in [-0.3, -0.25) is 4.90 Å². The Morgan fingerprint density at radius 3 is 2.44 bits per heavy atom. The summed E-state index contributed by atoms with van der Waals surface area (Å²) in [6.07, 6.45) is 4.09. The van der Waals surface area contributed by atoms with Crippen molar-refractivity contribution in [2.24, 2.45) is 0 Å². The van der Waals surface area contributed by atoms with Crippen LogP contribution in [-0.4, -0.2) is 47.1 Å². The molecule has 18 heavy (non-hydrogen) atoms. The van der Waals surface area contributed by atoms with Crippen LogP contribution in [0.1, 0.15) is 13.3 Å². The van der Waals surface area contributed by atoms with Crippen LogP contribution in [-0.2, 0) is 0 Å². The molecule has 1 saturated heterocycles. The fourth-order valence-electron chi connectivity index (χ4n) is 2.13. The van der Waals surface area contributed by atoms with Gasteiger partial charge in [0, 0.05) is 26.2 Å². The molecule has 5 nitrogen and oxygen atoms in total. The van der Waals surface area contributed by atoms with Crippen LogP contribution in [0.5, 0.6) is 0 Å². The zero-order valence-corrected chi connectivity index (χ0v) is 11.1. The highest BCUT2D eigenvalue weighted by Crippen LogP contribution is 2.14. The second-order valence-electron chi connectivity index (χ2n) is 4.28. The lowest BCUT2D eigenvalue weighted by molar-refractivity contribution is 0.215. The molecule has 0 aromatic carbocycles. The lowest BCUT2D eigenvalue weighted by Gasteiger charge is -2.36. The number of halogens is 1. The van der Waals surface area contributed by atoms with Crippen LogP contribution in [0.4, 0.5) is 5.95 Å². The molecule has 6 heteroatoms. The summed E-state index contributed by atoms with van der Waals surface area (Å²) in [4.78, 5) is 12.8. The van der Waals surface area contributed by atoms with E-state index in [1.807, 2.05) is 6.92 Å². The maximum Gasteiger partial charge on any atom is 0.225 e. The summed E-state index contributed by atoms with van der Waals surface area (Å²) < 4.78 is 0. The molecule has 1 aromatic rings. The first kappa shape index (κ1) is 13.1. The van der Waals surface area contributed by atoms with Gasteiger partial charge in [-0.2, -0.15) is 5.26 Å². The Morgan fingerprint density at radius 2 is 1.94 bits per heavy atom. The number of nitrogens with zero attached hydrogens (tertiary/aromatic N) is 5. The lowest BCUT2D eigenvalue weighted by atomic mass is 10.2. The molecule has 96 valence electrons. The third-order valence-electron chi connectivity index (χ3n) is 3.18. The Bertz CT molecular complexity index is 419. The molecule has 0 spiro atoms. The van der Waals surface area contributed by atoms with E-state index in [1.165, 1.54) is 0 Å². The fourth-order valence-corrected chi connectivity index (χ4v) is 2.23. The summed E-state index contributed by atoms with van der Waals surface area (Å²) in [6.45, 7) is 5.48. The lowest BCUT2D eigenvalue weighted by Crippen LogP contribution is -2.50. The van der Waals surface area contributed by atoms with Crippen LogP contribution in [0.3, 0.4) is 0 Å². The van der Waals surface area contributed by atoms with E-state index in [4.69, 9.17) is 16.9 Å². The van der Waals surface area contributed by atoms with Crippen LogP contribution in [0.2, 0.25) is 5.02 Å². The van der Waals surface area contributed by atoms with E-state index in [2.05, 4.69) is 25.8 Å². The van der Waals surface area contributed by atoms with Gasteiger partial charge in [-0.1, -0.05) is 18.5 Å². The SMILES string of the molecule is CCC(C#N)N1CCN(c2ncc(Cl)cn2)CC1. The van der Waals surface area contributed by atoms with E-state index in [1.54, 1.807) is 12.4 Å². The third kappa shape index (κ3) is 2.89. The monoisotopic (exact) mass is 265 g/mol. The number of aromatic nitrogens is 2. The standard InChI is InChI=1S/C12H16ClN5/c1-2-11(7-14)17-3-5-18(6-4-17)12-15-8-10(13)9-16-12/h8-9,11H,2-6H2,1H3. The zero-order valence-electron chi connectivity index (χ0n) is 10.4. The number of rotatable bonds is 3. The Labute approximate surface area is 112 Å². The van der Waals surface area contributed by atoms with Crippen LogP contribution in [0.25, 0.3) is 0 Å². The van der Waals surface area contributed by atoms with Gasteiger partial charge in [0.05, 0.1) is 29.5 Å². The largest absolute Gasteiger partial charge is 0.338 e. The smallest absolute Gasteiger partial charge is 0.225 e. The minimum absolute atomic E-state index is 0.0262. The molecule has 0 saturated carbocycles. The quantitative estimate of drug-likeness (QED) is 0.830. The van der Waals surface area contributed by atoms with Gasteiger partial charge in [-0.15, -0.1) is 0 Å². The number of piperazine rings is 1. The Balaban J connectivity index is 1.94. The molecule has 2 heterocycles. The van der Waals surface area contributed by atoms with Gasteiger partial charge in [-0.05, 0) is 6.42 Å². The van der Waals surface area contributed by atoms with Crippen LogP contribution >= 0.6 is 11.6 Å². The van der Waals surface area contributed by atoms with E-state index in [9.17, 15) is 0 Å². The fraction of sp³-hybridized carbons (Fsp3) is 0.583. The van der Waals surface area contributed by atoms with Crippen LogP contribution in [0.15, 0.2) is 12.4 Å². The van der Waals surface area contributed by atoms with Gasteiger partial charge in [0.2, 0.25) is 5.95 Å². The van der Waals surface area contributed by atoms with Crippen molar-refractivity contribution in [2.75, 3.05) is 31.1 Å². The van der Waals surface area contributed by atoms with E-state index >= 15 is 0 Å². The summed E-state index contributed by atoms with van der Waals surface area (Å²) in [7, 11) is 0. The van der Waals surface area contributed by atoms with Crippen molar-refractivity contribution in [3.8, 4) is 6.07 Å². The molecule has 0 radical (unpaired) electrons. The summed E-state index contributed by atoms with van der Waals surface area (Å²) in [5.41, 5.74) is 0. The number of hydrogen-bond donors (Lipinski definition) is 0. The highest BCUT2D eigenvalue weighted by Gasteiger charge is 2.23. The highest BCUT2D eigenvalue weighted by atomic mass is 35.5. The molecule has 1 aliphatic heterocycles. The maximum atomic E-state index is 9.05. The van der Waals surface area contributed by atoms with Gasteiger partial charge in [0.25, 0.3) is 0 Å². The Kier molecular flexibility index (Phi) is 4.34. The third-order valence-corrected chi connectivity index (χ3v) is 3.38. The van der Waals surface area contributed by atoms with Crippen molar-refractivity contribution in [2.45, 2.75) is 19.4 Å². The topological polar surface area (TPSA) is 56.1 Å². The summed E-state index contributed by atoms with van der Waals surface area (Å²) in [6, 6.07) is 2.37. The van der Waals surface area contributed by atoms with Crippen molar-refractivity contribution in [1.82, 2.24) is 14.9 Å². The molecule has 0 amide bonds. The Hall–Kier alpha value is -1.38. The predicted octanol–water partition coefficient (Wildman–Crippen LogP) is 1.55. The molecule has 1 aromatic heterocycles. The number of anilines is 1. The molecule has 0 aliphatic carbocycles. The average Bonchev–Trinajstić information content (AvgIpc) is 2.42. The van der Waals surface area contributed by atoms with Gasteiger partial charge in [0.15, 0.2) is 0 Å². The first-order valence-corrected chi connectivity index (χ1v) is 6.48. The average molecular weight is 266 g/mol. The number of nitriles is 1. The summed E-state index contributed by atoms with van der Waals surface area (Å²) >= 11 is 5.77. The molecule has 0 bridgehead atoms. The van der Waals surface area contributed by atoms with Crippen molar-refractivity contribution in [3.05, 3.63) is 17.4 Å². The second-order valence-corrected chi connectivity index (χ2v) is 4.71. The van der Waals surface area contributed by atoms with Crippen molar-refractivity contribution < 1.29 is 0 Å². The normalized spacial score (nSPS) is 18.4. The molecule has 1 atom stereocenters. The molecular weight excluding hydrogens is 250 g/mol. The first-order chi connectivity index (χ1) is 8.74. The summed E-state index contributed by atoms with van der Waals surface area (Å²) in [5, 5.41) is 9.60. The first-order valence-electron chi connectivity index (χ1n) is 6.10. The summed E-state index contributed by atoms with van der Waals surface area (Å²) in [5.74, 6) is 0.712. The van der Waals surface area contributed by atoms with E-state index in [0.717, 1.165) is 32.6 Å². The van der Waals surface area contributed by atoms with Gasteiger partial charge >= 0.3 is 0 Å². The van der Waals surface area contributed by atoms with E-state index in [0.29, 0.717) is 11.0 Å². The van der Waals surface area contributed by atoms with Gasteiger partial charge in [-0.25, -0.2) is 9.97 Å². The minimum atomic E-state index is 0.0262. The minimum Gasteiger partial charge on any atom is -0.338 e. The van der Waals surface area contributed by atoms with Gasteiger partial charge in [0.1, 0.15) is 0 Å². The van der Waals surface area contributed by atoms with Crippen molar-refractivity contribution >= 4 is 17.5 Å². The Morgan fingerprint density at radius 1 is 1.33 bits per heavy atom. The number of hydrogen-bond acceptors (Lipinski definition) is 5. The van der Waals surface area contributed by atoms with E-state index < -0.39 is 0 Å². The molecule has 0 N–H and O–H groups in total. The maximum absolute atomic E-state index is 9.05. The van der Waals surface area contributed by atoms with E-state index in [-0.39, 0.29) is 6.04 Å².